The van der Waals surface area contributed by atoms with Gasteiger partial charge in [0.1, 0.15) is 5.69 Å². The third-order valence-electron chi connectivity index (χ3n) is 4.10. The SMILES string of the molecule is CCN1CCN(C(=O)c2cc(N)cn2C(C)C)CC1C. The normalized spacial score (nSPS) is 20.6. The largest absolute Gasteiger partial charge is 0.397 e. The quantitative estimate of drug-likeness (QED) is 0.917. The van der Waals surface area contributed by atoms with E-state index in [9.17, 15) is 4.79 Å². The Kier molecular flexibility index (Phi) is 4.38. The van der Waals surface area contributed by atoms with Crippen molar-refractivity contribution in [3.63, 3.8) is 0 Å². The molecular formula is C15H26N4O. The third kappa shape index (κ3) is 2.82. The minimum atomic E-state index is 0.0954. The highest BCUT2D eigenvalue weighted by molar-refractivity contribution is 5.94. The summed E-state index contributed by atoms with van der Waals surface area (Å²) in [6, 6.07) is 2.44. The Morgan fingerprint density at radius 2 is 2.15 bits per heavy atom. The van der Waals surface area contributed by atoms with Crippen LogP contribution < -0.4 is 5.73 Å². The van der Waals surface area contributed by atoms with Gasteiger partial charge >= 0.3 is 0 Å². The van der Waals surface area contributed by atoms with E-state index in [1.165, 1.54) is 0 Å². The van der Waals surface area contributed by atoms with E-state index in [0.29, 0.717) is 17.4 Å². The van der Waals surface area contributed by atoms with Crippen molar-refractivity contribution in [3.05, 3.63) is 18.0 Å². The van der Waals surface area contributed by atoms with E-state index in [1.54, 1.807) is 6.07 Å². The Morgan fingerprint density at radius 1 is 1.45 bits per heavy atom. The fourth-order valence-electron chi connectivity index (χ4n) is 2.91. The topological polar surface area (TPSA) is 54.5 Å². The number of piperazine rings is 1. The lowest BCUT2D eigenvalue weighted by molar-refractivity contribution is 0.0517. The molecule has 5 heteroatoms. The van der Waals surface area contributed by atoms with Gasteiger partial charge in [-0.1, -0.05) is 6.92 Å². The van der Waals surface area contributed by atoms with Gasteiger partial charge in [0.05, 0.1) is 5.69 Å². The lowest BCUT2D eigenvalue weighted by Crippen LogP contribution is -2.53. The molecule has 1 aliphatic heterocycles. The van der Waals surface area contributed by atoms with E-state index in [1.807, 2.05) is 15.7 Å². The van der Waals surface area contributed by atoms with Crippen LogP contribution in [0.3, 0.4) is 0 Å². The first-order valence-corrected chi connectivity index (χ1v) is 7.44. The number of nitrogen functional groups attached to an aromatic ring is 1. The van der Waals surface area contributed by atoms with Crippen LogP contribution in [0.2, 0.25) is 0 Å². The van der Waals surface area contributed by atoms with Gasteiger partial charge in [0.2, 0.25) is 0 Å². The van der Waals surface area contributed by atoms with Gasteiger partial charge in [-0.05, 0) is 33.4 Å². The molecule has 0 saturated carbocycles. The predicted octanol–water partition coefficient (Wildman–Crippen LogP) is 1.82. The highest BCUT2D eigenvalue weighted by Gasteiger charge is 2.28. The van der Waals surface area contributed by atoms with Crippen molar-refractivity contribution in [1.82, 2.24) is 14.4 Å². The number of anilines is 1. The number of hydrogen-bond acceptors (Lipinski definition) is 3. The molecule has 0 bridgehead atoms. The number of aromatic nitrogens is 1. The zero-order valence-corrected chi connectivity index (χ0v) is 13.0. The Labute approximate surface area is 121 Å². The summed E-state index contributed by atoms with van der Waals surface area (Å²) >= 11 is 0. The van der Waals surface area contributed by atoms with Crippen LogP contribution >= 0.6 is 0 Å². The second-order valence-electron chi connectivity index (χ2n) is 5.89. The van der Waals surface area contributed by atoms with Crippen LogP contribution in [0.15, 0.2) is 12.3 Å². The predicted molar refractivity (Wildman–Crippen MR) is 81.8 cm³/mol. The molecule has 20 heavy (non-hydrogen) atoms. The Hall–Kier alpha value is -1.49. The number of carbonyl (C=O) groups excluding carboxylic acids is 1. The maximum Gasteiger partial charge on any atom is 0.270 e. The van der Waals surface area contributed by atoms with E-state index in [4.69, 9.17) is 5.73 Å². The Balaban J connectivity index is 2.16. The maximum absolute atomic E-state index is 12.7. The highest BCUT2D eigenvalue weighted by atomic mass is 16.2. The summed E-state index contributed by atoms with van der Waals surface area (Å²) in [5, 5.41) is 0. The standard InChI is InChI=1S/C15H26N4O/c1-5-17-6-7-18(9-12(17)4)15(20)14-8-13(16)10-19(14)11(2)3/h8,10-12H,5-7,9,16H2,1-4H3. The lowest BCUT2D eigenvalue weighted by atomic mass is 10.1. The average molecular weight is 278 g/mol. The van der Waals surface area contributed by atoms with E-state index in [-0.39, 0.29) is 11.9 Å². The van der Waals surface area contributed by atoms with Gasteiger partial charge in [0.15, 0.2) is 0 Å². The monoisotopic (exact) mass is 278 g/mol. The van der Waals surface area contributed by atoms with E-state index < -0.39 is 0 Å². The molecule has 1 unspecified atom stereocenters. The number of nitrogens with zero attached hydrogens (tertiary/aromatic N) is 3. The van der Waals surface area contributed by atoms with Gasteiger partial charge in [-0.25, -0.2) is 0 Å². The summed E-state index contributed by atoms with van der Waals surface area (Å²) in [4.78, 5) is 17.1. The molecule has 1 atom stereocenters. The minimum Gasteiger partial charge on any atom is -0.397 e. The lowest BCUT2D eigenvalue weighted by Gasteiger charge is -2.39. The molecule has 1 aromatic rings. The van der Waals surface area contributed by atoms with Crippen LogP contribution in [0.25, 0.3) is 0 Å². The van der Waals surface area contributed by atoms with Crippen molar-refractivity contribution in [2.24, 2.45) is 0 Å². The summed E-state index contributed by atoms with van der Waals surface area (Å²) in [5.41, 5.74) is 7.21. The summed E-state index contributed by atoms with van der Waals surface area (Å²) in [6.45, 7) is 12.0. The van der Waals surface area contributed by atoms with Crippen molar-refractivity contribution >= 4 is 11.6 Å². The molecule has 2 heterocycles. The summed E-state index contributed by atoms with van der Waals surface area (Å²) in [7, 11) is 0. The van der Waals surface area contributed by atoms with E-state index in [0.717, 1.165) is 26.2 Å². The first-order chi connectivity index (χ1) is 9.43. The fraction of sp³-hybridized carbons (Fsp3) is 0.667. The molecule has 1 aliphatic rings. The molecule has 2 rings (SSSR count). The summed E-state index contributed by atoms with van der Waals surface area (Å²) in [6.07, 6.45) is 1.85. The summed E-state index contributed by atoms with van der Waals surface area (Å²) in [5.74, 6) is 0.0954. The molecule has 2 N–H and O–H groups in total. The van der Waals surface area contributed by atoms with Crippen LogP contribution in [0.5, 0.6) is 0 Å². The number of rotatable bonds is 3. The van der Waals surface area contributed by atoms with Gasteiger partial charge in [0, 0.05) is 37.9 Å². The van der Waals surface area contributed by atoms with Gasteiger partial charge in [-0.2, -0.15) is 0 Å². The van der Waals surface area contributed by atoms with Crippen molar-refractivity contribution in [2.45, 2.75) is 39.8 Å². The van der Waals surface area contributed by atoms with Crippen LogP contribution in [-0.4, -0.2) is 52.5 Å². The third-order valence-corrected chi connectivity index (χ3v) is 4.10. The van der Waals surface area contributed by atoms with Crippen molar-refractivity contribution < 1.29 is 4.79 Å². The number of nitrogens with two attached hydrogens (primary N) is 1. The zero-order chi connectivity index (χ0) is 14.9. The van der Waals surface area contributed by atoms with Gasteiger partial charge in [-0.15, -0.1) is 0 Å². The summed E-state index contributed by atoms with van der Waals surface area (Å²) < 4.78 is 1.97. The number of carbonyl (C=O) groups is 1. The van der Waals surface area contributed by atoms with E-state index in [2.05, 4.69) is 32.6 Å². The molecular weight excluding hydrogens is 252 g/mol. The zero-order valence-electron chi connectivity index (χ0n) is 13.0. The molecule has 5 nitrogen and oxygen atoms in total. The highest BCUT2D eigenvalue weighted by Crippen LogP contribution is 2.20. The molecule has 0 aliphatic carbocycles. The maximum atomic E-state index is 12.7. The van der Waals surface area contributed by atoms with Crippen LogP contribution in [0.1, 0.15) is 44.2 Å². The average Bonchev–Trinajstić information content (AvgIpc) is 2.80. The second-order valence-corrected chi connectivity index (χ2v) is 5.89. The Bertz CT molecular complexity index is 480. The molecule has 1 aromatic heterocycles. The van der Waals surface area contributed by atoms with Crippen molar-refractivity contribution in [1.29, 1.82) is 0 Å². The molecule has 1 amide bonds. The van der Waals surface area contributed by atoms with Crippen molar-refractivity contribution in [2.75, 3.05) is 31.9 Å². The smallest absolute Gasteiger partial charge is 0.270 e. The minimum absolute atomic E-state index is 0.0954. The molecule has 112 valence electrons. The first-order valence-electron chi connectivity index (χ1n) is 7.44. The molecule has 1 fully saturated rings. The second kappa shape index (κ2) is 5.87. The van der Waals surface area contributed by atoms with Crippen LogP contribution in [0.4, 0.5) is 5.69 Å². The number of likely N-dealkylation sites (N-methyl/N-ethyl adjacent to an activating group) is 1. The van der Waals surface area contributed by atoms with Gasteiger partial charge in [-0.3, -0.25) is 9.69 Å². The molecule has 0 radical (unpaired) electrons. The molecule has 1 saturated heterocycles. The van der Waals surface area contributed by atoms with Crippen molar-refractivity contribution in [3.8, 4) is 0 Å². The van der Waals surface area contributed by atoms with Gasteiger partial charge < -0.3 is 15.2 Å². The van der Waals surface area contributed by atoms with Crippen LogP contribution in [-0.2, 0) is 0 Å². The number of hydrogen-bond donors (Lipinski definition) is 1. The fourth-order valence-corrected chi connectivity index (χ4v) is 2.91. The molecule has 0 aromatic carbocycles. The number of amides is 1. The van der Waals surface area contributed by atoms with E-state index >= 15 is 0 Å². The molecule has 0 spiro atoms. The Morgan fingerprint density at radius 3 is 2.70 bits per heavy atom. The first kappa shape index (κ1) is 14.9. The van der Waals surface area contributed by atoms with Crippen LogP contribution in [0, 0.1) is 0 Å². The van der Waals surface area contributed by atoms with Gasteiger partial charge in [0.25, 0.3) is 5.91 Å².